The van der Waals surface area contributed by atoms with Crippen molar-refractivity contribution in [2.45, 2.75) is 51.6 Å². The molecule has 0 amide bonds. The minimum absolute atomic E-state index is 0. The molecule has 0 atom stereocenters. The smallest absolute Gasteiger partial charge is 0.0305 e. The van der Waals surface area contributed by atoms with Crippen molar-refractivity contribution in [3.8, 4) is 0 Å². The summed E-state index contributed by atoms with van der Waals surface area (Å²) in [5.74, 6) is 4.19. The number of hydrogen-bond donors (Lipinski definition) is 1. The fourth-order valence-corrected chi connectivity index (χ4v) is 5.91. The average molecular weight is 298 g/mol. The summed E-state index contributed by atoms with van der Waals surface area (Å²) in [5, 5.41) is 6.14. The molecule has 3 heteroatoms. The molecule has 19 heavy (non-hydrogen) atoms. The Labute approximate surface area is 126 Å². The molecule has 0 aromatic carbocycles. The number of hydrogen-bond acceptors (Lipinski definition) is 2. The van der Waals surface area contributed by atoms with E-state index in [1.165, 1.54) is 31.2 Å². The molecule has 4 aliphatic rings. The molecule has 0 unspecified atom stereocenters. The quantitative estimate of drug-likeness (QED) is 0.872. The topological polar surface area (TPSA) is 12.0 Å². The van der Waals surface area contributed by atoms with Gasteiger partial charge in [0.2, 0.25) is 0 Å². The lowest BCUT2D eigenvalue weighted by atomic mass is 9.54. The van der Waals surface area contributed by atoms with Gasteiger partial charge in [-0.3, -0.25) is 0 Å². The van der Waals surface area contributed by atoms with Crippen LogP contribution in [-0.4, -0.2) is 6.04 Å². The summed E-state index contributed by atoms with van der Waals surface area (Å²) in [6, 6.07) is 3.08. The van der Waals surface area contributed by atoms with Crippen LogP contribution in [0.3, 0.4) is 0 Å². The summed E-state index contributed by atoms with van der Waals surface area (Å²) in [4.78, 5) is 1.55. The Kier molecular flexibility index (Phi) is 3.94. The van der Waals surface area contributed by atoms with Gasteiger partial charge in [-0.1, -0.05) is 0 Å². The van der Waals surface area contributed by atoms with E-state index in [2.05, 4.69) is 23.7 Å². The van der Waals surface area contributed by atoms with Gasteiger partial charge in [0, 0.05) is 17.5 Å². The summed E-state index contributed by atoms with van der Waals surface area (Å²) in [6.07, 6.45) is 7.65. The van der Waals surface area contributed by atoms with Gasteiger partial charge in [-0.25, -0.2) is 0 Å². The second-order valence-electron chi connectivity index (χ2n) is 6.86. The standard InChI is InChI=1S/C16H23NS.ClH/c1-10-2-3-18-15(10)9-17-16-13-5-11-4-12(7-13)8-14(16)6-11;/h2-3,11-14,16-17H,4-9H2,1H3;1H. The SMILES string of the molecule is Cc1ccsc1CNC1C2CC3CC(C2)CC1C3.Cl. The van der Waals surface area contributed by atoms with Crippen molar-refractivity contribution >= 4 is 23.7 Å². The van der Waals surface area contributed by atoms with Gasteiger partial charge < -0.3 is 5.32 Å². The first-order valence-electron chi connectivity index (χ1n) is 7.56. The molecule has 1 aromatic heterocycles. The Balaban J connectivity index is 0.00000110. The minimum Gasteiger partial charge on any atom is -0.309 e. The maximum Gasteiger partial charge on any atom is 0.0305 e. The lowest BCUT2D eigenvalue weighted by molar-refractivity contribution is -0.0142. The summed E-state index contributed by atoms with van der Waals surface area (Å²) in [7, 11) is 0. The molecule has 0 spiro atoms. The van der Waals surface area contributed by atoms with E-state index in [1.54, 1.807) is 11.3 Å². The van der Waals surface area contributed by atoms with Crippen LogP contribution in [0.15, 0.2) is 11.4 Å². The third-order valence-electron chi connectivity index (χ3n) is 5.69. The summed E-state index contributed by atoms with van der Waals surface area (Å²) in [5.41, 5.74) is 1.47. The second-order valence-corrected chi connectivity index (χ2v) is 7.86. The van der Waals surface area contributed by atoms with E-state index >= 15 is 0 Å². The largest absolute Gasteiger partial charge is 0.309 e. The van der Waals surface area contributed by atoms with Gasteiger partial charge in [0.25, 0.3) is 0 Å². The first kappa shape index (κ1) is 13.9. The zero-order chi connectivity index (χ0) is 12.1. The van der Waals surface area contributed by atoms with E-state index in [1.807, 2.05) is 11.3 Å². The van der Waals surface area contributed by atoms with E-state index in [4.69, 9.17) is 0 Å². The molecule has 4 aliphatic carbocycles. The number of halogens is 1. The minimum atomic E-state index is 0. The van der Waals surface area contributed by atoms with E-state index in [-0.39, 0.29) is 12.4 Å². The monoisotopic (exact) mass is 297 g/mol. The number of thiophene rings is 1. The van der Waals surface area contributed by atoms with Crippen LogP contribution in [0.4, 0.5) is 0 Å². The molecule has 0 saturated heterocycles. The molecule has 1 nitrogen and oxygen atoms in total. The third kappa shape index (κ3) is 2.48. The predicted octanol–water partition coefficient (Wildman–Crippen LogP) is 4.39. The highest BCUT2D eigenvalue weighted by atomic mass is 35.5. The van der Waals surface area contributed by atoms with Crippen molar-refractivity contribution in [1.29, 1.82) is 0 Å². The maximum atomic E-state index is 3.92. The van der Waals surface area contributed by atoms with Gasteiger partial charge in [0.1, 0.15) is 0 Å². The van der Waals surface area contributed by atoms with Crippen LogP contribution in [0.1, 0.15) is 42.5 Å². The second kappa shape index (κ2) is 5.38. The zero-order valence-electron chi connectivity index (χ0n) is 11.6. The summed E-state index contributed by atoms with van der Waals surface area (Å²) in [6.45, 7) is 3.35. The fraction of sp³-hybridized carbons (Fsp3) is 0.750. The summed E-state index contributed by atoms with van der Waals surface area (Å²) >= 11 is 1.91. The zero-order valence-corrected chi connectivity index (χ0v) is 13.2. The first-order valence-corrected chi connectivity index (χ1v) is 8.44. The Hall–Kier alpha value is -0.0500. The van der Waals surface area contributed by atoms with E-state index in [9.17, 15) is 0 Å². The molecule has 4 fully saturated rings. The van der Waals surface area contributed by atoms with Crippen LogP contribution in [0.2, 0.25) is 0 Å². The molecule has 106 valence electrons. The molecule has 4 saturated carbocycles. The van der Waals surface area contributed by atoms with Crippen molar-refractivity contribution < 1.29 is 0 Å². The number of aryl methyl sites for hydroxylation is 1. The molecule has 1 N–H and O–H groups in total. The highest BCUT2D eigenvalue weighted by Crippen LogP contribution is 2.53. The highest BCUT2D eigenvalue weighted by molar-refractivity contribution is 7.10. The Morgan fingerprint density at radius 2 is 1.74 bits per heavy atom. The van der Waals surface area contributed by atoms with Crippen LogP contribution in [-0.2, 0) is 6.54 Å². The Bertz CT molecular complexity index is 414. The number of nitrogens with one attached hydrogen (secondary N) is 1. The van der Waals surface area contributed by atoms with Crippen LogP contribution in [0, 0.1) is 30.6 Å². The van der Waals surface area contributed by atoms with Gasteiger partial charge in [0.05, 0.1) is 0 Å². The number of rotatable bonds is 3. The third-order valence-corrected chi connectivity index (χ3v) is 6.72. The van der Waals surface area contributed by atoms with Crippen molar-refractivity contribution in [2.75, 3.05) is 0 Å². The van der Waals surface area contributed by atoms with Crippen LogP contribution >= 0.6 is 23.7 Å². The van der Waals surface area contributed by atoms with Crippen molar-refractivity contribution in [1.82, 2.24) is 5.32 Å². The molecular weight excluding hydrogens is 274 g/mol. The average Bonchev–Trinajstić information content (AvgIpc) is 2.73. The molecule has 0 aliphatic heterocycles. The van der Waals surface area contributed by atoms with Gasteiger partial charge >= 0.3 is 0 Å². The Morgan fingerprint density at radius 3 is 2.26 bits per heavy atom. The molecule has 5 rings (SSSR count). The Morgan fingerprint density at radius 1 is 1.11 bits per heavy atom. The van der Waals surface area contributed by atoms with Crippen molar-refractivity contribution in [2.24, 2.45) is 23.7 Å². The highest BCUT2D eigenvalue weighted by Gasteiger charge is 2.47. The van der Waals surface area contributed by atoms with Gasteiger partial charge in [-0.2, -0.15) is 0 Å². The van der Waals surface area contributed by atoms with E-state index in [0.29, 0.717) is 0 Å². The lowest BCUT2D eigenvalue weighted by Gasteiger charge is -2.54. The van der Waals surface area contributed by atoms with Crippen LogP contribution in [0.5, 0.6) is 0 Å². The molecule has 1 aromatic rings. The van der Waals surface area contributed by atoms with Gasteiger partial charge in [0.15, 0.2) is 0 Å². The van der Waals surface area contributed by atoms with Crippen molar-refractivity contribution in [3.05, 3.63) is 21.9 Å². The maximum absolute atomic E-state index is 3.92. The molecular formula is C16H24ClNS. The van der Waals surface area contributed by atoms with Crippen LogP contribution in [0.25, 0.3) is 0 Å². The normalized spacial score (nSPS) is 39.3. The molecule has 4 bridgehead atoms. The van der Waals surface area contributed by atoms with Crippen LogP contribution < -0.4 is 5.32 Å². The van der Waals surface area contributed by atoms with E-state index in [0.717, 1.165) is 36.3 Å². The fourth-order valence-electron chi connectivity index (χ4n) is 5.05. The van der Waals surface area contributed by atoms with Gasteiger partial charge in [-0.15, -0.1) is 23.7 Å². The molecule has 0 radical (unpaired) electrons. The lowest BCUT2D eigenvalue weighted by Crippen LogP contribution is -2.54. The van der Waals surface area contributed by atoms with Gasteiger partial charge in [-0.05, 0) is 79.7 Å². The molecule has 1 heterocycles. The van der Waals surface area contributed by atoms with E-state index < -0.39 is 0 Å². The predicted molar refractivity (Wildman–Crippen MR) is 84.0 cm³/mol. The van der Waals surface area contributed by atoms with Crippen molar-refractivity contribution in [3.63, 3.8) is 0 Å². The summed E-state index contributed by atoms with van der Waals surface area (Å²) < 4.78 is 0. The first-order chi connectivity index (χ1) is 8.79.